The second-order valence-corrected chi connectivity index (χ2v) is 6.67. The van der Waals surface area contributed by atoms with E-state index in [0.29, 0.717) is 24.8 Å². The maximum atomic E-state index is 12.2. The van der Waals surface area contributed by atoms with Gasteiger partial charge in [0.05, 0.1) is 12.2 Å². The standard InChI is InChI=1S/C17H22F2N4OS.HI/c1-11-12(2)25-16(23-11)9-22-17(20-3)21-8-13-5-4-6-14(7-13)24-10-15(18)19;/h4-7,15H,8-10H2,1-3H3,(H2,20,21,22);1H. The molecule has 0 aliphatic heterocycles. The van der Waals surface area contributed by atoms with Crippen molar-refractivity contribution in [3.63, 3.8) is 0 Å². The molecule has 0 spiro atoms. The van der Waals surface area contributed by atoms with Gasteiger partial charge in [-0.2, -0.15) is 0 Å². The summed E-state index contributed by atoms with van der Waals surface area (Å²) < 4.78 is 29.4. The predicted molar refractivity (Wildman–Crippen MR) is 112 cm³/mol. The van der Waals surface area contributed by atoms with Crippen LogP contribution in [-0.2, 0) is 13.1 Å². The number of guanidine groups is 1. The van der Waals surface area contributed by atoms with Crippen molar-refractivity contribution in [2.45, 2.75) is 33.4 Å². The van der Waals surface area contributed by atoms with Crippen molar-refractivity contribution in [3.8, 4) is 5.75 Å². The number of nitrogens with one attached hydrogen (secondary N) is 2. The lowest BCUT2D eigenvalue weighted by molar-refractivity contribution is 0.0818. The molecule has 5 nitrogen and oxygen atoms in total. The molecule has 0 atom stereocenters. The molecule has 144 valence electrons. The Morgan fingerprint density at radius 3 is 2.62 bits per heavy atom. The lowest BCUT2D eigenvalue weighted by atomic mass is 10.2. The average molecular weight is 496 g/mol. The summed E-state index contributed by atoms with van der Waals surface area (Å²) in [7, 11) is 1.69. The van der Waals surface area contributed by atoms with Crippen LogP contribution in [0.4, 0.5) is 8.78 Å². The van der Waals surface area contributed by atoms with E-state index in [4.69, 9.17) is 4.74 Å². The van der Waals surface area contributed by atoms with E-state index in [9.17, 15) is 8.78 Å². The summed E-state index contributed by atoms with van der Waals surface area (Å²) in [5.74, 6) is 1.07. The van der Waals surface area contributed by atoms with Crippen LogP contribution in [0.25, 0.3) is 0 Å². The Labute approximate surface area is 173 Å². The van der Waals surface area contributed by atoms with Crippen LogP contribution in [0.15, 0.2) is 29.3 Å². The smallest absolute Gasteiger partial charge is 0.272 e. The van der Waals surface area contributed by atoms with Gasteiger partial charge in [-0.3, -0.25) is 4.99 Å². The zero-order chi connectivity index (χ0) is 18.2. The van der Waals surface area contributed by atoms with Crippen LogP contribution in [0.1, 0.15) is 21.1 Å². The molecule has 1 aromatic carbocycles. The molecule has 0 bridgehead atoms. The van der Waals surface area contributed by atoms with Crippen molar-refractivity contribution >= 4 is 41.3 Å². The molecule has 0 radical (unpaired) electrons. The molecule has 9 heteroatoms. The van der Waals surface area contributed by atoms with Crippen LogP contribution in [0.5, 0.6) is 5.75 Å². The minimum atomic E-state index is -2.48. The molecule has 1 heterocycles. The SMILES string of the molecule is CN=C(NCc1cccc(OCC(F)F)c1)NCc1nc(C)c(C)s1.I. The van der Waals surface area contributed by atoms with Gasteiger partial charge < -0.3 is 15.4 Å². The van der Waals surface area contributed by atoms with Gasteiger partial charge in [-0.05, 0) is 31.5 Å². The number of aromatic nitrogens is 1. The zero-order valence-corrected chi connectivity index (χ0v) is 18.0. The number of thiazole rings is 1. The highest BCUT2D eigenvalue weighted by Gasteiger charge is 2.06. The molecule has 2 N–H and O–H groups in total. The molecule has 0 aliphatic rings. The lowest BCUT2D eigenvalue weighted by Gasteiger charge is -2.12. The molecule has 0 saturated carbocycles. The van der Waals surface area contributed by atoms with Crippen molar-refractivity contribution in [1.82, 2.24) is 15.6 Å². The Hall–Kier alpha value is -1.49. The third-order valence-corrected chi connectivity index (χ3v) is 4.51. The first-order valence-electron chi connectivity index (χ1n) is 7.85. The Bertz CT molecular complexity index is 705. The van der Waals surface area contributed by atoms with Crippen LogP contribution >= 0.6 is 35.3 Å². The van der Waals surface area contributed by atoms with Crippen LogP contribution < -0.4 is 15.4 Å². The van der Waals surface area contributed by atoms with Crippen LogP contribution in [0, 0.1) is 13.8 Å². The van der Waals surface area contributed by atoms with E-state index in [0.717, 1.165) is 16.3 Å². The highest BCUT2D eigenvalue weighted by molar-refractivity contribution is 14.0. The molecular formula is C17H23F2IN4OS. The van der Waals surface area contributed by atoms with Crippen LogP contribution in [0.3, 0.4) is 0 Å². The molecule has 2 aromatic rings. The maximum absolute atomic E-state index is 12.2. The Morgan fingerprint density at radius 1 is 1.27 bits per heavy atom. The molecule has 0 amide bonds. The number of halogens is 3. The van der Waals surface area contributed by atoms with Gasteiger partial charge in [0.25, 0.3) is 6.43 Å². The Balaban J connectivity index is 0.00000338. The predicted octanol–water partition coefficient (Wildman–Crippen LogP) is 3.89. The van der Waals surface area contributed by atoms with Gasteiger partial charge in [-0.25, -0.2) is 13.8 Å². The van der Waals surface area contributed by atoms with Crippen molar-refractivity contribution < 1.29 is 13.5 Å². The van der Waals surface area contributed by atoms with E-state index >= 15 is 0 Å². The fourth-order valence-electron chi connectivity index (χ4n) is 2.08. The molecule has 0 aliphatic carbocycles. The van der Waals surface area contributed by atoms with Gasteiger partial charge in [-0.1, -0.05) is 12.1 Å². The number of nitrogens with zero attached hydrogens (tertiary/aromatic N) is 2. The monoisotopic (exact) mass is 496 g/mol. The third-order valence-electron chi connectivity index (χ3n) is 3.44. The quantitative estimate of drug-likeness (QED) is 0.347. The number of alkyl halides is 2. The van der Waals surface area contributed by atoms with Gasteiger partial charge in [0, 0.05) is 18.5 Å². The summed E-state index contributed by atoms with van der Waals surface area (Å²) in [5, 5.41) is 7.39. The maximum Gasteiger partial charge on any atom is 0.272 e. The van der Waals surface area contributed by atoms with E-state index in [-0.39, 0.29) is 24.0 Å². The number of rotatable bonds is 7. The number of aliphatic imine (C=N–C) groups is 1. The van der Waals surface area contributed by atoms with Gasteiger partial charge in [0.15, 0.2) is 5.96 Å². The minimum absolute atomic E-state index is 0. The van der Waals surface area contributed by atoms with Crippen molar-refractivity contribution in [2.75, 3.05) is 13.7 Å². The topological polar surface area (TPSA) is 58.5 Å². The lowest BCUT2D eigenvalue weighted by Crippen LogP contribution is -2.36. The summed E-state index contributed by atoms with van der Waals surface area (Å²) >= 11 is 1.66. The summed E-state index contributed by atoms with van der Waals surface area (Å²) in [5.41, 5.74) is 1.96. The fourth-order valence-corrected chi connectivity index (χ4v) is 2.96. The average Bonchev–Trinajstić information content (AvgIpc) is 2.91. The number of hydrogen-bond acceptors (Lipinski definition) is 4. The molecule has 0 saturated heterocycles. The van der Waals surface area contributed by atoms with E-state index in [2.05, 4.69) is 20.6 Å². The molecule has 2 rings (SSSR count). The van der Waals surface area contributed by atoms with E-state index in [1.807, 2.05) is 19.9 Å². The molecule has 0 fully saturated rings. The first-order chi connectivity index (χ1) is 12.0. The molecule has 0 unspecified atom stereocenters. The Kier molecular flexibility index (Phi) is 9.78. The van der Waals surface area contributed by atoms with Crippen LogP contribution in [0.2, 0.25) is 0 Å². The second-order valence-electron chi connectivity index (χ2n) is 5.38. The summed E-state index contributed by atoms with van der Waals surface area (Å²) in [6.45, 7) is 4.53. The third kappa shape index (κ3) is 7.40. The van der Waals surface area contributed by atoms with Crippen molar-refractivity contribution in [1.29, 1.82) is 0 Å². The highest BCUT2D eigenvalue weighted by atomic mass is 127. The summed E-state index contributed by atoms with van der Waals surface area (Å²) in [6, 6.07) is 7.06. The van der Waals surface area contributed by atoms with Crippen molar-refractivity contribution in [3.05, 3.63) is 45.4 Å². The largest absolute Gasteiger partial charge is 0.488 e. The number of aryl methyl sites for hydroxylation is 2. The van der Waals surface area contributed by atoms with Gasteiger partial charge in [0.2, 0.25) is 0 Å². The summed E-state index contributed by atoms with van der Waals surface area (Å²) in [4.78, 5) is 9.86. The first kappa shape index (κ1) is 22.6. The van der Waals surface area contributed by atoms with Gasteiger partial charge in [0.1, 0.15) is 17.4 Å². The van der Waals surface area contributed by atoms with Crippen molar-refractivity contribution in [2.24, 2.45) is 4.99 Å². The minimum Gasteiger partial charge on any atom is -0.488 e. The van der Waals surface area contributed by atoms with Gasteiger partial charge in [-0.15, -0.1) is 35.3 Å². The Morgan fingerprint density at radius 2 is 2.00 bits per heavy atom. The number of hydrogen-bond donors (Lipinski definition) is 2. The second kappa shape index (κ2) is 11.3. The molecule has 26 heavy (non-hydrogen) atoms. The van der Waals surface area contributed by atoms with Crippen LogP contribution in [-0.4, -0.2) is 31.0 Å². The van der Waals surface area contributed by atoms with E-state index in [1.54, 1.807) is 36.6 Å². The van der Waals surface area contributed by atoms with Gasteiger partial charge >= 0.3 is 0 Å². The van der Waals surface area contributed by atoms with E-state index < -0.39 is 13.0 Å². The normalized spacial score (nSPS) is 11.2. The molecular weight excluding hydrogens is 473 g/mol. The highest BCUT2D eigenvalue weighted by Crippen LogP contribution is 2.16. The fraction of sp³-hybridized carbons (Fsp3) is 0.412. The number of ether oxygens (including phenoxy) is 1. The first-order valence-corrected chi connectivity index (χ1v) is 8.67. The number of benzene rings is 1. The summed E-state index contributed by atoms with van der Waals surface area (Å²) in [6.07, 6.45) is -2.48. The van der Waals surface area contributed by atoms with E-state index in [1.165, 1.54) is 4.88 Å². The molecule has 1 aromatic heterocycles. The zero-order valence-electron chi connectivity index (χ0n) is 14.9.